The molecule has 1 aromatic carbocycles. The molecule has 1 aromatic heterocycles. The third kappa shape index (κ3) is 3.64. The van der Waals surface area contributed by atoms with Gasteiger partial charge in [0.2, 0.25) is 5.78 Å². The predicted molar refractivity (Wildman–Crippen MR) is 75.0 cm³/mol. The van der Waals surface area contributed by atoms with Crippen LogP contribution in [-0.2, 0) is 0 Å². The fourth-order valence-corrected chi connectivity index (χ4v) is 1.68. The van der Waals surface area contributed by atoms with Crippen molar-refractivity contribution in [3.8, 4) is 5.75 Å². The predicted octanol–water partition coefficient (Wildman–Crippen LogP) is 1.02. The van der Waals surface area contributed by atoms with Crippen LogP contribution < -0.4 is 10.1 Å². The van der Waals surface area contributed by atoms with E-state index in [1.807, 2.05) is 0 Å². The molecule has 1 heterocycles. The first kappa shape index (κ1) is 14.7. The number of hydrogen-bond acceptors (Lipinski definition) is 5. The van der Waals surface area contributed by atoms with Crippen molar-refractivity contribution in [1.82, 2.24) is 10.3 Å². The van der Waals surface area contributed by atoms with E-state index in [9.17, 15) is 14.7 Å². The molecule has 2 aromatic rings. The van der Waals surface area contributed by atoms with E-state index in [0.29, 0.717) is 5.75 Å². The average molecular weight is 286 g/mol. The summed E-state index contributed by atoms with van der Waals surface area (Å²) < 4.78 is 4.98. The number of aliphatic hydroxyl groups is 1. The summed E-state index contributed by atoms with van der Waals surface area (Å²) in [6.45, 7) is 0. The number of rotatable bonds is 5. The van der Waals surface area contributed by atoms with Crippen molar-refractivity contribution < 1.29 is 19.4 Å². The Hall–Kier alpha value is -2.73. The van der Waals surface area contributed by atoms with E-state index < -0.39 is 17.9 Å². The number of benzene rings is 1. The molecule has 0 aliphatic carbocycles. The average Bonchev–Trinajstić information content (AvgIpc) is 2.55. The van der Waals surface area contributed by atoms with Gasteiger partial charge < -0.3 is 15.2 Å². The maximum atomic E-state index is 12.0. The highest BCUT2D eigenvalue weighted by Gasteiger charge is 2.20. The quantitative estimate of drug-likeness (QED) is 0.633. The number of aliphatic hydroxyl groups excluding tert-OH is 1. The lowest BCUT2D eigenvalue weighted by Gasteiger charge is -2.12. The minimum Gasteiger partial charge on any atom is -0.497 e. The van der Waals surface area contributed by atoms with Crippen molar-refractivity contribution in [3.63, 3.8) is 0 Å². The molecular formula is C15H14N2O4. The lowest BCUT2D eigenvalue weighted by atomic mass is 10.1. The summed E-state index contributed by atoms with van der Waals surface area (Å²) in [6.07, 6.45) is 1.25. The molecule has 6 nitrogen and oxygen atoms in total. The Morgan fingerprint density at radius 3 is 2.48 bits per heavy atom. The van der Waals surface area contributed by atoms with Gasteiger partial charge in [-0.3, -0.25) is 14.6 Å². The van der Waals surface area contributed by atoms with E-state index in [1.165, 1.54) is 37.7 Å². The molecule has 0 bridgehead atoms. The second-order valence-electron chi connectivity index (χ2n) is 4.21. The number of aromatic nitrogens is 1. The number of amides is 1. The Labute approximate surface area is 121 Å². The Bertz CT molecular complexity index is 626. The third-order valence-corrected chi connectivity index (χ3v) is 2.81. The second kappa shape index (κ2) is 6.62. The number of nitrogens with zero attached hydrogens (tertiary/aromatic N) is 1. The largest absolute Gasteiger partial charge is 0.497 e. The summed E-state index contributed by atoms with van der Waals surface area (Å²) in [5, 5.41) is 12.0. The Morgan fingerprint density at radius 2 is 1.90 bits per heavy atom. The molecule has 1 amide bonds. The smallest absolute Gasteiger partial charge is 0.255 e. The van der Waals surface area contributed by atoms with Crippen LogP contribution in [0.3, 0.4) is 0 Å². The second-order valence-corrected chi connectivity index (χ2v) is 4.21. The summed E-state index contributed by atoms with van der Waals surface area (Å²) in [7, 11) is 1.51. The van der Waals surface area contributed by atoms with Gasteiger partial charge >= 0.3 is 0 Å². The van der Waals surface area contributed by atoms with Gasteiger partial charge in [-0.25, -0.2) is 0 Å². The highest BCUT2D eigenvalue weighted by molar-refractivity contribution is 6.03. The molecular weight excluding hydrogens is 272 g/mol. The Kier molecular flexibility index (Phi) is 4.63. The summed E-state index contributed by atoms with van der Waals surface area (Å²) in [6, 6.07) is 9.35. The van der Waals surface area contributed by atoms with Crippen molar-refractivity contribution in [3.05, 3.63) is 59.9 Å². The lowest BCUT2D eigenvalue weighted by Crippen LogP contribution is -2.40. The van der Waals surface area contributed by atoms with E-state index in [-0.39, 0.29) is 11.1 Å². The molecule has 108 valence electrons. The molecule has 0 saturated heterocycles. The minimum atomic E-state index is -1.62. The number of ketones is 1. The molecule has 0 spiro atoms. The van der Waals surface area contributed by atoms with Gasteiger partial charge in [0, 0.05) is 18.0 Å². The lowest BCUT2D eigenvalue weighted by molar-refractivity contribution is 0.0607. The van der Waals surface area contributed by atoms with Crippen LogP contribution in [0.25, 0.3) is 0 Å². The molecule has 0 radical (unpaired) electrons. The van der Waals surface area contributed by atoms with Crippen LogP contribution in [0, 0.1) is 0 Å². The number of Topliss-reactive ketones (excluding diaryl/α,β-unsaturated/α-hetero) is 1. The maximum absolute atomic E-state index is 12.0. The number of methoxy groups -OCH3 is 1. The van der Waals surface area contributed by atoms with Crippen LogP contribution in [0.4, 0.5) is 0 Å². The van der Waals surface area contributed by atoms with Gasteiger partial charge in [0.1, 0.15) is 5.75 Å². The van der Waals surface area contributed by atoms with E-state index in [1.54, 1.807) is 18.2 Å². The first-order chi connectivity index (χ1) is 10.1. The summed E-state index contributed by atoms with van der Waals surface area (Å²) in [5.41, 5.74) is 0.536. The highest BCUT2D eigenvalue weighted by atomic mass is 16.5. The van der Waals surface area contributed by atoms with E-state index in [0.717, 1.165) is 0 Å². The van der Waals surface area contributed by atoms with Crippen LogP contribution in [0.1, 0.15) is 20.7 Å². The molecule has 21 heavy (non-hydrogen) atoms. The van der Waals surface area contributed by atoms with Crippen LogP contribution in [0.2, 0.25) is 0 Å². The fourth-order valence-electron chi connectivity index (χ4n) is 1.68. The van der Waals surface area contributed by atoms with E-state index in [4.69, 9.17) is 4.74 Å². The first-order valence-electron chi connectivity index (χ1n) is 6.19. The molecule has 1 atom stereocenters. The van der Waals surface area contributed by atoms with Crippen LogP contribution in [-0.4, -0.2) is 35.1 Å². The Balaban J connectivity index is 2.03. The molecule has 1 unspecified atom stereocenters. The summed E-state index contributed by atoms with van der Waals surface area (Å²) in [4.78, 5) is 27.6. The van der Waals surface area contributed by atoms with E-state index >= 15 is 0 Å². The van der Waals surface area contributed by atoms with Crippen molar-refractivity contribution in [2.24, 2.45) is 0 Å². The van der Waals surface area contributed by atoms with Gasteiger partial charge in [0.05, 0.1) is 12.7 Å². The van der Waals surface area contributed by atoms with Gasteiger partial charge in [0.25, 0.3) is 5.91 Å². The standard InChI is InChI=1S/C15H14N2O4/c1-21-12-6-4-10(5-7-12)13(18)15(20)17-14(19)11-3-2-8-16-9-11/h2-9,15,20H,1H3,(H,17,19). The molecule has 0 aliphatic rings. The van der Waals surface area contributed by atoms with Crippen molar-refractivity contribution in [2.45, 2.75) is 6.23 Å². The van der Waals surface area contributed by atoms with Crippen molar-refractivity contribution in [1.29, 1.82) is 0 Å². The van der Waals surface area contributed by atoms with Gasteiger partial charge in [-0.05, 0) is 36.4 Å². The monoisotopic (exact) mass is 286 g/mol. The van der Waals surface area contributed by atoms with Crippen molar-refractivity contribution >= 4 is 11.7 Å². The number of nitrogens with one attached hydrogen (secondary N) is 1. The zero-order chi connectivity index (χ0) is 15.2. The molecule has 0 fully saturated rings. The summed E-state index contributed by atoms with van der Waals surface area (Å²) in [5.74, 6) is -0.576. The molecule has 0 aliphatic heterocycles. The van der Waals surface area contributed by atoms with Gasteiger partial charge in [-0.1, -0.05) is 0 Å². The summed E-state index contributed by atoms with van der Waals surface area (Å²) >= 11 is 0. The first-order valence-corrected chi connectivity index (χ1v) is 6.19. The zero-order valence-corrected chi connectivity index (χ0v) is 11.3. The zero-order valence-electron chi connectivity index (χ0n) is 11.3. The number of carbonyl (C=O) groups is 2. The Morgan fingerprint density at radius 1 is 1.19 bits per heavy atom. The van der Waals surface area contributed by atoms with Crippen LogP contribution in [0.5, 0.6) is 5.75 Å². The van der Waals surface area contributed by atoms with Gasteiger partial charge in [0.15, 0.2) is 6.23 Å². The van der Waals surface area contributed by atoms with Gasteiger partial charge in [-0.2, -0.15) is 0 Å². The minimum absolute atomic E-state index is 0.263. The molecule has 2 rings (SSSR count). The molecule has 2 N–H and O–H groups in total. The number of hydrogen-bond donors (Lipinski definition) is 2. The number of carbonyl (C=O) groups excluding carboxylic acids is 2. The van der Waals surface area contributed by atoms with Crippen LogP contribution >= 0.6 is 0 Å². The maximum Gasteiger partial charge on any atom is 0.255 e. The molecule has 6 heteroatoms. The fraction of sp³-hybridized carbons (Fsp3) is 0.133. The molecule has 0 saturated carbocycles. The van der Waals surface area contributed by atoms with Crippen LogP contribution in [0.15, 0.2) is 48.8 Å². The van der Waals surface area contributed by atoms with Crippen molar-refractivity contribution in [2.75, 3.05) is 7.11 Å². The topological polar surface area (TPSA) is 88.5 Å². The normalized spacial score (nSPS) is 11.5. The number of ether oxygens (including phenoxy) is 1. The number of pyridine rings is 1. The third-order valence-electron chi connectivity index (χ3n) is 2.81. The SMILES string of the molecule is COc1ccc(C(=O)C(O)NC(=O)c2cccnc2)cc1. The highest BCUT2D eigenvalue weighted by Crippen LogP contribution is 2.12. The van der Waals surface area contributed by atoms with Gasteiger partial charge in [-0.15, -0.1) is 0 Å². The van der Waals surface area contributed by atoms with E-state index in [2.05, 4.69) is 10.3 Å².